The summed E-state index contributed by atoms with van der Waals surface area (Å²) in [5, 5.41) is 0.777. The van der Waals surface area contributed by atoms with Crippen LogP contribution in [0.1, 0.15) is 25.7 Å². The van der Waals surface area contributed by atoms with Gasteiger partial charge in [0.15, 0.2) is 0 Å². The van der Waals surface area contributed by atoms with Crippen molar-refractivity contribution >= 4 is 21.9 Å². The molecule has 0 aromatic carbocycles. The van der Waals surface area contributed by atoms with Crippen molar-refractivity contribution in [2.45, 2.75) is 31.8 Å². The van der Waals surface area contributed by atoms with E-state index in [4.69, 9.17) is 4.74 Å². The molecule has 58 valence electrons. The molecule has 1 saturated heterocycles. The van der Waals surface area contributed by atoms with Crippen molar-refractivity contribution in [1.82, 2.24) is 0 Å². The molecule has 0 radical (unpaired) electrons. The second-order valence-electron chi connectivity index (χ2n) is 2.51. The summed E-state index contributed by atoms with van der Waals surface area (Å²) in [7, 11) is 0. The highest BCUT2D eigenvalue weighted by molar-refractivity contribution is 9.09. The Kier molecular flexibility index (Phi) is 3.19. The molecule has 10 heavy (non-hydrogen) atoms. The fourth-order valence-electron chi connectivity index (χ4n) is 1.05. The summed E-state index contributed by atoms with van der Waals surface area (Å²) in [6.45, 7) is 0. The molecule has 0 aromatic rings. The van der Waals surface area contributed by atoms with Gasteiger partial charge in [-0.15, -0.1) is 0 Å². The number of esters is 1. The Bertz CT molecular complexity index is 125. The van der Waals surface area contributed by atoms with Crippen molar-refractivity contribution in [3.63, 3.8) is 0 Å². The van der Waals surface area contributed by atoms with Gasteiger partial charge in [-0.3, -0.25) is 4.79 Å². The Balaban J connectivity index is 2.38. The Morgan fingerprint density at radius 2 is 2.40 bits per heavy atom. The molecule has 0 saturated carbocycles. The topological polar surface area (TPSA) is 26.3 Å². The zero-order valence-corrected chi connectivity index (χ0v) is 7.39. The van der Waals surface area contributed by atoms with Gasteiger partial charge in [-0.25, -0.2) is 0 Å². The van der Waals surface area contributed by atoms with E-state index in [0.29, 0.717) is 6.42 Å². The lowest BCUT2D eigenvalue weighted by molar-refractivity contribution is -0.146. The molecule has 1 rings (SSSR count). The van der Waals surface area contributed by atoms with E-state index in [1.54, 1.807) is 0 Å². The molecule has 1 fully saturated rings. The van der Waals surface area contributed by atoms with Crippen LogP contribution in [0.15, 0.2) is 0 Å². The van der Waals surface area contributed by atoms with Crippen LogP contribution in [0.25, 0.3) is 0 Å². The van der Waals surface area contributed by atoms with Gasteiger partial charge in [0, 0.05) is 11.8 Å². The second kappa shape index (κ2) is 3.96. The number of hydrogen-bond donors (Lipinski definition) is 0. The minimum atomic E-state index is -0.0399. The zero-order valence-electron chi connectivity index (χ0n) is 5.81. The van der Waals surface area contributed by atoms with Crippen LogP contribution < -0.4 is 0 Å². The third-order valence-corrected chi connectivity index (χ3v) is 2.35. The first-order valence-electron chi connectivity index (χ1n) is 3.58. The minimum Gasteiger partial charge on any atom is -0.461 e. The van der Waals surface area contributed by atoms with Crippen molar-refractivity contribution in [3.8, 4) is 0 Å². The number of ether oxygens (including phenoxy) is 1. The van der Waals surface area contributed by atoms with Crippen molar-refractivity contribution in [2.24, 2.45) is 0 Å². The van der Waals surface area contributed by atoms with Gasteiger partial charge in [-0.05, 0) is 19.3 Å². The van der Waals surface area contributed by atoms with Crippen molar-refractivity contribution < 1.29 is 9.53 Å². The second-order valence-corrected chi connectivity index (χ2v) is 3.16. The van der Waals surface area contributed by atoms with Crippen molar-refractivity contribution in [2.75, 3.05) is 5.33 Å². The molecule has 2 nitrogen and oxygen atoms in total. The first-order valence-corrected chi connectivity index (χ1v) is 4.70. The molecule has 1 atom stereocenters. The number of cyclic esters (lactones) is 1. The standard InChI is InChI=1S/C7H11BrO2/c8-5-6-3-1-2-4-7(9)10-6/h6H,1-5H2/t6-/m0/s1. The minimum absolute atomic E-state index is 0.0399. The molecule has 0 spiro atoms. The van der Waals surface area contributed by atoms with E-state index in [9.17, 15) is 4.79 Å². The number of carbonyl (C=O) groups is 1. The molecule has 1 aliphatic rings. The normalized spacial score (nSPS) is 27.3. The van der Waals surface area contributed by atoms with E-state index in [2.05, 4.69) is 15.9 Å². The van der Waals surface area contributed by atoms with Gasteiger partial charge in [0.2, 0.25) is 0 Å². The van der Waals surface area contributed by atoms with Gasteiger partial charge in [-0.1, -0.05) is 15.9 Å². The fraction of sp³-hybridized carbons (Fsp3) is 0.857. The van der Waals surface area contributed by atoms with Crippen LogP contribution in [-0.2, 0) is 9.53 Å². The van der Waals surface area contributed by atoms with E-state index in [0.717, 1.165) is 24.6 Å². The molecule has 1 aliphatic heterocycles. The molecule has 1 heterocycles. The smallest absolute Gasteiger partial charge is 0.306 e. The number of alkyl halides is 1. The van der Waals surface area contributed by atoms with E-state index in [1.165, 1.54) is 0 Å². The number of rotatable bonds is 1. The maximum atomic E-state index is 10.8. The predicted octanol–water partition coefficient (Wildman–Crippen LogP) is 1.87. The molecule has 3 heteroatoms. The zero-order chi connectivity index (χ0) is 7.40. The maximum Gasteiger partial charge on any atom is 0.306 e. The maximum absolute atomic E-state index is 10.8. The number of halogens is 1. The number of carbonyl (C=O) groups excluding carboxylic acids is 1. The van der Waals surface area contributed by atoms with Crippen LogP contribution >= 0.6 is 15.9 Å². The van der Waals surface area contributed by atoms with E-state index < -0.39 is 0 Å². The Hall–Kier alpha value is -0.0500. The third kappa shape index (κ3) is 2.29. The summed E-state index contributed by atoms with van der Waals surface area (Å²) in [5.74, 6) is -0.0399. The van der Waals surface area contributed by atoms with Crippen LogP contribution in [-0.4, -0.2) is 17.4 Å². The fourth-order valence-corrected chi connectivity index (χ4v) is 1.51. The molecule has 0 amide bonds. The average Bonchev–Trinajstić information content (AvgIpc) is 2.13. The van der Waals surface area contributed by atoms with Crippen LogP contribution in [0, 0.1) is 0 Å². The monoisotopic (exact) mass is 206 g/mol. The Morgan fingerprint density at radius 1 is 1.60 bits per heavy atom. The highest BCUT2D eigenvalue weighted by atomic mass is 79.9. The largest absolute Gasteiger partial charge is 0.461 e. The third-order valence-electron chi connectivity index (χ3n) is 1.63. The lowest BCUT2D eigenvalue weighted by Gasteiger charge is -2.09. The van der Waals surface area contributed by atoms with Gasteiger partial charge in [0.25, 0.3) is 0 Å². The molecule has 0 bridgehead atoms. The Labute approximate surface area is 69.1 Å². The summed E-state index contributed by atoms with van der Waals surface area (Å²) >= 11 is 3.30. The summed E-state index contributed by atoms with van der Waals surface area (Å²) in [6.07, 6.45) is 3.83. The van der Waals surface area contributed by atoms with Crippen molar-refractivity contribution in [3.05, 3.63) is 0 Å². The molecule has 0 aromatic heterocycles. The van der Waals surface area contributed by atoms with Crippen LogP contribution in [0.5, 0.6) is 0 Å². The SMILES string of the molecule is O=C1CCCC[C@@H](CBr)O1. The Morgan fingerprint density at radius 3 is 3.10 bits per heavy atom. The lowest BCUT2D eigenvalue weighted by Crippen LogP contribution is -2.16. The highest BCUT2D eigenvalue weighted by Gasteiger charge is 2.16. The first kappa shape index (κ1) is 8.05. The molecule has 0 N–H and O–H groups in total. The molecule has 0 aliphatic carbocycles. The lowest BCUT2D eigenvalue weighted by atomic mass is 10.2. The van der Waals surface area contributed by atoms with Crippen LogP contribution in [0.4, 0.5) is 0 Å². The summed E-state index contributed by atoms with van der Waals surface area (Å²) in [6, 6.07) is 0. The van der Waals surface area contributed by atoms with Gasteiger partial charge in [0.05, 0.1) is 0 Å². The summed E-state index contributed by atoms with van der Waals surface area (Å²) < 4.78 is 5.07. The first-order chi connectivity index (χ1) is 4.83. The molecular formula is C7H11BrO2. The summed E-state index contributed by atoms with van der Waals surface area (Å²) in [4.78, 5) is 10.8. The molecular weight excluding hydrogens is 196 g/mol. The van der Waals surface area contributed by atoms with Crippen LogP contribution in [0.3, 0.4) is 0 Å². The molecule has 0 unspecified atom stereocenters. The summed E-state index contributed by atoms with van der Waals surface area (Å²) in [5.41, 5.74) is 0. The average molecular weight is 207 g/mol. The van der Waals surface area contributed by atoms with Crippen LogP contribution in [0.2, 0.25) is 0 Å². The number of hydrogen-bond acceptors (Lipinski definition) is 2. The van der Waals surface area contributed by atoms with Gasteiger partial charge in [0.1, 0.15) is 6.10 Å². The van der Waals surface area contributed by atoms with E-state index in [-0.39, 0.29) is 12.1 Å². The van der Waals surface area contributed by atoms with Crippen molar-refractivity contribution in [1.29, 1.82) is 0 Å². The predicted molar refractivity (Wildman–Crippen MR) is 42.1 cm³/mol. The highest BCUT2D eigenvalue weighted by Crippen LogP contribution is 2.15. The van der Waals surface area contributed by atoms with Gasteiger partial charge >= 0.3 is 5.97 Å². The van der Waals surface area contributed by atoms with E-state index >= 15 is 0 Å². The van der Waals surface area contributed by atoms with E-state index in [1.807, 2.05) is 0 Å². The van der Waals surface area contributed by atoms with Gasteiger partial charge in [-0.2, -0.15) is 0 Å². The van der Waals surface area contributed by atoms with Gasteiger partial charge < -0.3 is 4.74 Å². The quantitative estimate of drug-likeness (QED) is 0.484.